The lowest BCUT2D eigenvalue weighted by atomic mass is 9.96. The summed E-state index contributed by atoms with van der Waals surface area (Å²) in [5.41, 5.74) is 0. The summed E-state index contributed by atoms with van der Waals surface area (Å²) in [6, 6.07) is 0.733. The molecule has 0 saturated carbocycles. The molecule has 0 radical (unpaired) electrons. The quantitative estimate of drug-likeness (QED) is 0.815. The molecule has 1 N–H and O–H groups in total. The highest BCUT2D eigenvalue weighted by atomic mass is 16.2. The van der Waals surface area contributed by atoms with E-state index in [1.807, 2.05) is 0 Å². The van der Waals surface area contributed by atoms with Crippen molar-refractivity contribution >= 4 is 5.91 Å². The van der Waals surface area contributed by atoms with Crippen LogP contribution in [0.2, 0.25) is 0 Å². The van der Waals surface area contributed by atoms with Crippen LogP contribution in [-0.4, -0.2) is 60.5 Å². The Bertz CT molecular complexity index is 328. The first-order valence-corrected chi connectivity index (χ1v) is 8.92. The van der Waals surface area contributed by atoms with Gasteiger partial charge < -0.3 is 10.2 Å². The number of rotatable bonds is 6. The Hall–Kier alpha value is -0.610. The van der Waals surface area contributed by atoms with Gasteiger partial charge in [0, 0.05) is 32.2 Å². The molecule has 2 fully saturated rings. The Morgan fingerprint density at radius 3 is 2.52 bits per heavy atom. The molecule has 1 amide bonds. The van der Waals surface area contributed by atoms with E-state index in [4.69, 9.17) is 0 Å². The first-order valence-electron chi connectivity index (χ1n) is 8.92. The molecule has 0 aromatic rings. The zero-order valence-electron chi connectivity index (χ0n) is 14.1. The highest BCUT2D eigenvalue weighted by molar-refractivity contribution is 5.82. The topological polar surface area (TPSA) is 35.6 Å². The summed E-state index contributed by atoms with van der Waals surface area (Å²) in [5.74, 6) is 1.14. The maximum Gasteiger partial charge on any atom is 0.240 e. The highest BCUT2D eigenvalue weighted by Gasteiger charge is 2.37. The van der Waals surface area contributed by atoms with E-state index in [-0.39, 0.29) is 6.04 Å². The van der Waals surface area contributed by atoms with Crippen molar-refractivity contribution in [2.45, 2.75) is 65.0 Å². The normalized spacial score (nSPS) is 26.8. The third-order valence-electron chi connectivity index (χ3n) is 5.32. The largest absolute Gasteiger partial charge is 0.339 e. The van der Waals surface area contributed by atoms with Crippen LogP contribution in [0.25, 0.3) is 0 Å². The van der Waals surface area contributed by atoms with Crippen LogP contribution < -0.4 is 5.32 Å². The standard InChI is InChI=1S/C17H33N3O/c1-4-14(3)13-15(5-2)20-10-6-7-16(20)17(21)19-11-8-18-9-12-19/h14-16,18H,4-13H2,1-3H3. The van der Waals surface area contributed by atoms with Gasteiger partial charge in [-0.15, -0.1) is 0 Å². The molecule has 2 saturated heterocycles. The van der Waals surface area contributed by atoms with Gasteiger partial charge in [-0.3, -0.25) is 9.69 Å². The Morgan fingerprint density at radius 2 is 1.90 bits per heavy atom. The van der Waals surface area contributed by atoms with Crippen molar-refractivity contribution in [3.63, 3.8) is 0 Å². The second-order valence-corrected chi connectivity index (χ2v) is 6.78. The molecule has 4 nitrogen and oxygen atoms in total. The van der Waals surface area contributed by atoms with E-state index >= 15 is 0 Å². The van der Waals surface area contributed by atoms with Gasteiger partial charge in [0.05, 0.1) is 6.04 Å². The fraction of sp³-hybridized carbons (Fsp3) is 0.941. The van der Waals surface area contributed by atoms with Crippen molar-refractivity contribution in [2.75, 3.05) is 32.7 Å². The summed E-state index contributed by atoms with van der Waals surface area (Å²) in [5, 5.41) is 3.33. The van der Waals surface area contributed by atoms with Gasteiger partial charge >= 0.3 is 0 Å². The number of carbonyl (C=O) groups is 1. The summed E-state index contributed by atoms with van der Waals surface area (Å²) in [7, 11) is 0. The third kappa shape index (κ3) is 4.19. The van der Waals surface area contributed by atoms with Gasteiger partial charge in [-0.2, -0.15) is 0 Å². The lowest BCUT2D eigenvalue weighted by Gasteiger charge is -2.37. The number of carbonyl (C=O) groups excluding carboxylic acids is 1. The van der Waals surface area contributed by atoms with E-state index in [2.05, 4.69) is 35.9 Å². The predicted molar refractivity (Wildman–Crippen MR) is 87.3 cm³/mol. The lowest BCUT2D eigenvalue weighted by molar-refractivity contribution is -0.137. The molecule has 2 aliphatic rings. The monoisotopic (exact) mass is 295 g/mol. The van der Waals surface area contributed by atoms with Gasteiger partial charge in [0.1, 0.15) is 0 Å². The number of amides is 1. The van der Waals surface area contributed by atoms with Crippen LogP contribution in [0.1, 0.15) is 52.9 Å². The van der Waals surface area contributed by atoms with Gasteiger partial charge in [-0.25, -0.2) is 0 Å². The number of likely N-dealkylation sites (tertiary alicyclic amines) is 1. The molecule has 3 unspecified atom stereocenters. The fourth-order valence-corrected chi connectivity index (χ4v) is 3.75. The summed E-state index contributed by atoms with van der Waals surface area (Å²) in [6.07, 6.45) is 5.87. The number of nitrogens with zero attached hydrogens (tertiary/aromatic N) is 2. The van der Waals surface area contributed by atoms with E-state index in [1.165, 1.54) is 19.3 Å². The maximum atomic E-state index is 12.8. The lowest BCUT2D eigenvalue weighted by Crippen LogP contribution is -2.54. The molecule has 0 spiro atoms. The molecule has 3 atom stereocenters. The molecule has 0 aromatic heterocycles. The molecular formula is C17H33N3O. The zero-order chi connectivity index (χ0) is 15.2. The minimum Gasteiger partial charge on any atom is -0.339 e. The molecule has 2 heterocycles. The van der Waals surface area contributed by atoms with E-state index in [0.717, 1.165) is 51.5 Å². The molecule has 0 aromatic carbocycles. The smallest absolute Gasteiger partial charge is 0.240 e. The molecule has 21 heavy (non-hydrogen) atoms. The molecule has 0 aliphatic carbocycles. The summed E-state index contributed by atoms with van der Waals surface area (Å²) >= 11 is 0. The first kappa shape index (κ1) is 16.8. The fourth-order valence-electron chi connectivity index (χ4n) is 3.75. The van der Waals surface area contributed by atoms with Crippen molar-refractivity contribution in [2.24, 2.45) is 5.92 Å². The Balaban J connectivity index is 1.98. The number of hydrogen-bond acceptors (Lipinski definition) is 3. The van der Waals surface area contributed by atoms with Crippen molar-refractivity contribution in [3.8, 4) is 0 Å². The van der Waals surface area contributed by atoms with Crippen LogP contribution in [0.5, 0.6) is 0 Å². The van der Waals surface area contributed by atoms with E-state index in [9.17, 15) is 4.79 Å². The molecular weight excluding hydrogens is 262 g/mol. The van der Waals surface area contributed by atoms with E-state index in [1.54, 1.807) is 0 Å². The van der Waals surface area contributed by atoms with Crippen LogP contribution in [0.15, 0.2) is 0 Å². The van der Waals surface area contributed by atoms with Gasteiger partial charge in [0.2, 0.25) is 5.91 Å². The van der Waals surface area contributed by atoms with Crippen molar-refractivity contribution in [1.29, 1.82) is 0 Å². The minimum absolute atomic E-state index is 0.150. The molecule has 4 heteroatoms. The van der Waals surface area contributed by atoms with Gasteiger partial charge in [-0.1, -0.05) is 27.2 Å². The van der Waals surface area contributed by atoms with Crippen molar-refractivity contribution < 1.29 is 4.79 Å². The summed E-state index contributed by atoms with van der Waals surface area (Å²) in [4.78, 5) is 17.4. The van der Waals surface area contributed by atoms with Crippen LogP contribution >= 0.6 is 0 Å². The zero-order valence-corrected chi connectivity index (χ0v) is 14.1. The maximum absolute atomic E-state index is 12.8. The second-order valence-electron chi connectivity index (χ2n) is 6.78. The highest BCUT2D eigenvalue weighted by Crippen LogP contribution is 2.27. The minimum atomic E-state index is 0.150. The van der Waals surface area contributed by atoms with E-state index < -0.39 is 0 Å². The van der Waals surface area contributed by atoms with Crippen LogP contribution in [0, 0.1) is 5.92 Å². The van der Waals surface area contributed by atoms with Gasteiger partial charge in [-0.05, 0) is 38.1 Å². The first-order chi connectivity index (χ1) is 10.2. The van der Waals surface area contributed by atoms with Crippen LogP contribution in [0.4, 0.5) is 0 Å². The molecule has 122 valence electrons. The summed E-state index contributed by atoms with van der Waals surface area (Å²) in [6.45, 7) is 11.6. The van der Waals surface area contributed by atoms with Crippen molar-refractivity contribution in [1.82, 2.24) is 15.1 Å². The van der Waals surface area contributed by atoms with Crippen molar-refractivity contribution in [3.05, 3.63) is 0 Å². The second kappa shape index (κ2) is 8.14. The summed E-state index contributed by atoms with van der Waals surface area (Å²) < 4.78 is 0. The third-order valence-corrected chi connectivity index (χ3v) is 5.32. The average molecular weight is 295 g/mol. The number of hydrogen-bond donors (Lipinski definition) is 1. The van der Waals surface area contributed by atoms with Gasteiger partial charge in [0.25, 0.3) is 0 Å². The van der Waals surface area contributed by atoms with E-state index in [0.29, 0.717) is 11.9 Å². The molecule has 0 bridgehead atoms. The average Bonchev–Trinajstić information content (AvgIpc) is 3.01. The van der Waals surface area contributed by atoms with Gasteiger partial charge in [0.15, 0.2) is 0 Å². The van der Waals surface area contributed by atoms with Crippen LogP contribution in [0.3, 0.4) is 0 Å². The number of piperazine rings is 1. The predicted octanol–water partition coefficient (Wildman–Crippen LogP) is 2.10. The number of nitrogens with one attached hydrogen (secondary N) is 1. The Kier molecular flexibility index (Phi) is 6.49. The Morgan fingerprint density at radius 1 is 1.19 bits per heavy atom. The van der Waals surface area contributed by atoms with Crippen LogP contribution in [-0.2, 0) is 4.79 Å². The SMILES string of the molecule is CCC(C)CC(CC)N1CCCC1C(=O)N1CCNCC1. The Labute approximate surface area is 130 Å². The molecule has 2 rings (SSSR count). The molecule has 2 aliphatic heterocycles.